The van der Waals surface area contributed by atoms with E-state index in [1.807, 2.05) is 27.7 Å². The van der Waals surface area contributed by atoms with Crippen molar-refractivity contribution < 1.29 is 14.2 Å². The molecule has 4 heteroatoms. The first-order chi connectivity index (χ1) is 8.43. The first-order valence-electron chi connectivity index (χ1n) is 6.47. The predicted molar refractivity (Wildman–Crippen MR) is 67.4 cm³/mol. The summed E-state index contributed by atoms with van der Waals surface area (Å²) in [5.41, 5.74) is 1.46. The molecular weight excluding hydrogens is 233 g/mol. The molecule has 1 aliphatic heterocycles. The maximum Gasteiger partial charge on any atom is 0.152 e. The van der Waals surface area contributed by atoms with Crippen LogP contribution in [0.15, 0.2) is 0 Å². The minimum atomic E-state index is -0.649. The highest BCUT2D eigenvalue weighted by molar-refractivity contribution is 5.45. The molecule has 2 heterocycles. The molecule has 0 saturated heterocycles. The lowest BCUT2D eigenvalue weighted by molar-refractivity contribution is 0.108. The van der Waals surface area contributed by atoms with Gasteiger partial charge in [0.25, 0.3) is 0 Å². The Kier molecular flexibility index (Phi) is 3.57. The smallest absolute Gasteiger partial charge is 0.152 e. The van der Waals surface area contributed by atoms with Gasteiger partial charge >= 0.3 is 0 Å². The summed E-state index contributed by atoms with van der Waals surface area (Å²) in [7, 11) is 0. The van der Waals surface area contributed by atoms with E-state index in [1.165, 1.54) is 0 Å². The zero-order valence-corrected chi connectivity index (χ0v) is 11.3. The molecule has 3 nitrogen and oxygen atoms in total. The lowest BCUT2D eigenvalue weighted by Crippen LogP contribution is -2.20. The molecule has 100 valence electrons. The highest BCUT2D eigenvalue weighted by atomic mass is 19.1. The minimum absolute atomic E-state index is 0.00421. The summed E-state index contributed by atoms with van der Waals surface area (Å²) in [5.74, 6) is 0.157. The van der Waals surface area contributed by atoms with Crippen LogP contribution in [0, 0.1) is 5.82 Å². The van der Waals surface area contributed by atoms with E-state index in [0.717, 1.165) is 0 Å². The van der Waals surface area contributed by atoms with Crippen molar-refractivity contribution in [1.82, 2.24) is 4.98 Å². The van der Waals surface area contributed by atoms with E-state index in [4.69, 9.17) is 4.74 Å². The van der Waals surface area contributed by atoms with Crippen molar-refractivity contribution >= 4 is 0 Å². The first kappa shape index (κ1) is 13.3. The number of pyridine rings is 1. The van der Waals surface area contributed by atoms with Gasteiger partial charge in [0.1, 0.15) is 17.5 Å². The van der Waals surface area contributed by atoms with Gasteiger partial charge in [-0.2, -0.15) is 0 Å². The molecule has 0 aliphatic carbocycles. The third-order valence-corrected chi connectivity index (χ3v) is 3.26. The predicted octanol–water partition coefficient (Wildman–Crippen LogP) is 3.28. The number of rotatable bonds is 2. The molecule has 2 rings (SSSR count). The highest BCUT2D eigenvalue weighted by Crippen LogP contribution is 2.40. The Hall–Kier alpha value is -1.16. The third kappa shape index (κ3) is 2.09. The molecular formula is C14H20FNO2. The second kappa shape index (κ2) is 4.84. The number of nitrogens with zero attached hydrogens (tertiary/aromatic N) is 1. The molecule has 1 unspecified atom stereocenters. The quantitative estimate of drug-likeness (QED) is 0.879. The van der Waals surface area contributed by atoms with Gasteiger partial charge in [-0.3, -0.25) is 0 Å². The number of fused-ring (bicyclic) bond motifs is 1. The topological polar surface area (TPSA) is 42.4 Å². The van der Waals surface area contributed by atoms with Crippen molar-refractivity contribution in [1.29, 1.82) is 0 Å². The van der Waals surface area contributed by atoms with Gasteiger partial charge < -0.3 is 9.84 Å². The van der Waals surface area contributed by atoms with Crippen LogP contribution in [0.25, 0.3) is 0 Å². The Bertz CT molecular complexity index is 458. The van der Waals surface area contributed by atoms with Crippen LogP contribution in [0.5, 0.6) is 5.75 Å². The fraction of sp³-hybridized carbons (Fsp3) is 0.643. The van der Waals surface area contributed by atoms with Crippen molar-refractivity contribution in [2.75, 3.05) is 6.61 Å². The number of hydrogen-bond acceptors (Lipinski definition) is 3. The fourth-order valence-corrected chi connectivity index (χ4v) is 2.29. The van der Waals surface area contributed by atoms with E-state index in [1.54, 1.807) is 0 Å². The Balaban J connectivity index is 2.69. The van der Waals surface area contributed by atoms with Crippen molar-refractivity contribution in [2.45, 2.75) is 52.1 Å². The molecule has 0 aromatic carbocycles. The van der Waals surface area contributed by atoms with E-state index < -0.39 is 6.10 Å². The number of ether oxygens (including phenoxy) is 1. The molecule has 0 bridgehead atoms. The average molecular weight is 253 g/mol. The summed E-state index contributed by atoms with van der Waals surface area (Å²) in [4.78, 5) is 4.29. The fourth-order valence-electron chi connectivity index (χ4n) is 2.29. The van der Waals surface area contributed by atoms with Gasteiger partial charge in [-0.1, -0.05) is 27.7 Å². The van der Waals surface area contributed by atoms with Crippen LogP contribution in [0.4, 0.5) is 4.39 Å². The van der Waals surface area contributed by atoms with Crippen LogP contribution in [-0.2, 0) is 0 Å². The molecule has 1 aromatic heterocycles. The summed E-state index contributed by atoms with van der Waals surface area (Å²) in [5, 5.41) is 10.00. The maximum atomic E-state index is 14.5. The lowest BCUT2D eigenvalue weighted by atomic mass is 9.94. The second-order valence-corrected chi connectivity index (χ2v) is 5.40. The summed E-state index contributed by atoms with van der Waals surface area (Å²) >= 11 is 0. The van der Waals surface area contributed by atoms with Crippen molar-refractivity contribution in [3.63, 3.8) is 0 Å². The summed E-state index contributed by atoms with van der Waals surface area (Å²) in [6.45, 7) is 8.06. The highest BCUT2D eigenvalue weighted by Gasteiger charge is 2.30. The van der Waals surface area contributed by atoms with E-state index in [9.17, 15) is 9.50 Å². The minimum Gasteiger partial charge on any atom is -0.491 e. The van der Waals surface area contributed by atoms with E-state index in [-0.39, 0.29) is 17.7 Å². The van der Waals surface area contributed by atoms with Crippen LogP contribution in [0.1, 0.15) is 69.0 Å². The second-order valence-electron chi connectivity index (χ2n) is 5.40. The monoisotopic (exact) mass is 253 g/mol. The van der Waals surface area contributed by atoms with Crippen LogP contribution in [-0.4, -0.2) is 16.7 Å². The van der Waals surface area contributed by atoms with Gasteiger partial charge in [-0.05, 0) is 11.8 Å². The van der Waals surface area contributed by atoms with Crippen LogP contribution in [0.3, 0.4) is 0 Å². The standard InChI is InChI=1S/C14H20FNO2/c1-7(2)10-11(15)12(8(3)4)16-13-9(17)5-6-18-14(10)13/h7-9,17H,5-6H2,1-4H3. The molecule has 0 amide bonds. The van der Waals surface area contributed by atoms with Gasteiger partial charge in [0.2, 0.25) is 0 Å². The Morgan fingerprint density at radius 1 is 1.28 bits per heavy atom. The van der Waals surface area contributed by atoms with Gasteiger partial charge in [-0.15, -0.1) is 0 Å². The number of halogens is 1. The third-order valence-electron chi connectivity index (χ3n) is 3.26. The Morgan fingerprint density at radius 3 is 2.50 bits per heavy atom. The van der Waals surface area contributed by atoms with Crippen LogP contribution in [0.2, 0.25) is 0 Å². The van der Waals surface area contributed by atoms with Gasteiger partial charge in [-0.25, -0.2) is 9.37 Å². The van der Waals surface area contributed by atoms with Gasteiger partial charge in [0.15, 0.2) is 5.82 Å². The van der Waals surface area contributed by atoms with Crippen molar-refractivity contribution in [3.05, 3.63) is 22.8 Å². The Morgan fingerprint density at radius 2 is 1.94 bits per heavy atom. The SMILES string of the molecule is CC(C)c1nc2c(c(C(C)C)c1F)OCCC2O. The summed E-state index contributed by atoms with van der Waals surface area (Å²) in [6, 6.07) is 0. The van der Waals surface area contributed by atoms with Crippen molar-refractivity contribution in [3.8, 4) is 5.75 Å². The normalized spacial score (nSPS) is 19.0. The summed E-state index contributed by atoms with van der Waals surface area (Å²) in [6.07, 6.45) is -0.134. The molecule has 1 aromatic rings. The zero-order chi connectivity index (χ0) is 13.4. The molecule has 0 saturated carbocycles. The number of aromatic nitrogens is 1. The zero-order valence-electron chi connectivity index (χ0n) is 11.3. The summed E-state index contributed by atoms with van der Waals surface area (Å²) < 4.78 is 20.0. The lowest BCUT2D eigenvalue weighted by Gasteiger charge is -2.27. The first-order valence-corrected chi connectivity index (χ1v) is 6.47. The maximum absolute atomic E-state index is 14.5. The van der Waals surface area contributed by atoms with E-state index in [0.29, 0.717) is 35.7 Å². The molecule has 0 radical (unpaired) electrons. The van der Waals surface area contributed by atoms with Crippen LogP contribution >= 0.6 is 0 Å². The average Bonchev–Trinajstić information content (AvgIpc) is 2.27. The molecule has 1 N–H and O–H groups in total. The number of hydrogen-bond donors (Lipinski definition) is 1. The van der Waals surface area contributed by atoms with E-state index >= 15 is 0 Å². The molecule has 0 spiro atoms. The molecule has 18 heavy (non-hydrogen) atoms. The van der Waals surface area contributed by atoms with Crippen molar-refractivity contribution in [2.24, 2.45) is 0 Å². The molecule has 0 fully saturated rings. The molecule has 1 atom stereocenters. The Labute approximate surface area is 107 Å². The number of aliphatic hydroxyl groups excluding tert-OH is 1. The molecule has 1 aliphatic rings. The van der Waals surface area contributed by atoms with Gasteiger partial charge in [0, 0.05) is 12.0 Å². The van der Waals surface area contributed by atoms with Crippen LogP contribution < -0.4 is 4.74 Å². The number of aliphatic hydroxyl groups is 1. The largest absolute Gasteiger partial charge is 0.491 e. The van der Waals surface area contributed by atoms with Gasteiger partial charge in [0.05, 0.1) is 12.3 Å². The van der Waals surface area contributed by atoms with E-state index in [2.05, 4.69) is 4.98 Å².